The smallest absolute Gasteiger partial charge is 0.325 e. The molecular weight excluding hydrogens is 284 g/mol. The summed E-state index contributed by atoms with van der Waals surface area (Å²) in [5.41, 5.74) is -0.670. The molecule has 1 atom stereocenters. The number of amides is 3. The lowest BCUT2D eigenvalue weighted by atomic mass is 9.97. The quantitative estimate of drug-likeness (QED) is 0.866. The van der Waals surface area contributed by atoms with Gasteiger partial charge in [-0.3, -0.25) is 14.7 Å². The molecule has 0 bridgehead atoms. The number of hydrogen-bond donors (Lipinski definition) is 1. The molecule has 2 aromatic heterocycles. The monoisotopic (exact) mass is 300 g/mol. The van der Waals surface area contributed by atoms with E-state index in [0.717, 1.165) is 10.7 Å². The van der Waals surface area contributed by atoms with E-state index in [2.05, 4.69) is 15.3 Å². The zero-order valence-corrected chi connectivity index (χ0v) is 12.4. The first-order valence-electron chi connectivity index (χ1n) is 7.04. The highest BCUT2D eigenvalue weighted by Crippen LogP contribution is 2.28. The van der Waals surface area contributed by atoms with E-state index in [1.807, 2.05) is 6.92 Å². The molecule has 0 saturated carbocycles. The molecule has 1 saturated heterocycles. The number of nitrogens with one attached hydrogen (secondary N) is 1. The minimum absolute atomic E-state index is 0.00703. The summed E-state index contributed by atoms with van der Waals surface area (Å²) in [6.45, 7) is 3.59. The van der Waals surface area contributed by atoms with Crippen LogP contribution in [0.1, 0.15) is 31.2 Å². The van der Waals surface area contributed by atoms with Gasteiger partial charge in [-0.15, -0.1) is 0 Å². The molecule has 0 radical (unpaired) electrons. The molecular formula is C15H16N4O3. The maximum absolute atomic E-state index is 12.7. The summed E-state index contributed by atoms with van der Waals surface area (Å²) in [4.78, 5) is 34.2. The van der Waals surface area contributed by atoms with Crippen molar-refractivity contribution in [2.24, 2.45) is 0 Å². The van der Waals surface area contributed by atoms with Crippen molar-refractivity contribution in [1.82, 2.24) is 20.2 Å². The van der Waals surface area contributed by atoms with Crippen molar-refractivity contribution in [2.45, 2.75) is 32.4 Å². The van der Waals surface area contributed by atoms with E-state index < -0.39 is 11.6 Å². The number of hydrogen-bond acceptors (Lipinski definition) is 5. The van der Waals surface area contributed by atoms with Gasteiger partial charge in [0.15, 0.2) is 5.54 Å². The van der Waals surface area contributed by atoms with Crippen LogP contribution in [-0.2, 0) is 23.3 Å². The van der Waals surface area contributed by atoms with Gasteiger partial charge in [0.25, 0.3) is 5.91 Å². The summed E-state index contributed by atoms with van der Waals surface area (Å²) in [7, 11) is 0. The van der Waals surface area contributed by atoms with Crippen molar-refractivity contribution in [1.29, 1.82) is 0 Å². The molecule has 0 aliphatic carbocycles. The van der Waals surface area contributed by atoms with Gasteiger partial charge in [-0.2, -0.15) is 0 Å². The molecule has 2 aromatic rings. The Kier molecular flexibility index (Phi) is 3.40. The molecule has 22 heavy (non-hydrogen) atoms. The summed E-state index contributed by atoms with van der Waals surface area (Å²) in [6, 6.07) is 4.76. The molecule has 114 valence electrons. The maximum Gasteiger partial charge on any atom is 0.325 e. The molecule has 1 aliphatic rings. The molecule has 3 amide bonds. The van der Waals surface area contributed by atoms with E-state index in [-0.39, 0.29) is 12.5 Å². The van der Waals surface area contributed by atoms with Crippen LogP contribution in [0.5, 0.6) is 0 Å². The molecule has 1 N–H and O–H groups in total. The Morgan fingerprint density at radius 1 is 1.32 bits per heavy atom. The van der Waals surface area contributed by atoms with E-state index in [4.69, 9.17) is 4.42 Å². The van der Waals surface area contributed by atoms with E-state index in [0.29, 0.717) is 18.0 Å². The van der Waals surface area contributed by atoms with Crippen molar-refractivity contribution in [3.63, 3.8) is 0 Å². The number of oxazole rings is 1. The van der Waals surface area contributed by atoms with Crippen molar-refractivity contribution in [2.75, 3.05) is 0 Å². The largest absolute Gasteiger partial charge is 0.444 e. The fraction of sp³-hybridized carbons (Fsp3) is 0.333. The van der Waals surface area contributed by atoms with Gasteiger partial charge in [0.2, 0.25) is 5.89 Å². The Hall–Kier alpha value is -2.70. The molecule has 1 aliphatic heterocycles. The van der Waals surface area contributed by atoms with Gasteiger partial charge in [0.05, 0.1) is 11.9 Å². The predicted octanol–water partition coefficient (Wildman–Crippen LogP) is 1.60. The van der Waals surface area contributed by atoms with Crippen molar-refractivity contribution < 1.29 is 14.0 Å². The van der Waals surface area contributed by atoms with Crippen molar-refractivity contribution in [3.05, 3.63) is 47.9 Å². The number of aromatic nitrogens is 2. The third-order valence-corrected chi connectivity index (χ3v) is 3.70. The third-order valence-electron chi connectivity index (χ3n) is 3.70. The average Bonchev–Trinajstić information content (AvgIpc) is 3.07. The van der Waals surface area contributed by atoms with Crippen LogP contribution < -0.4 is 5.32 Å². The fourth-order valence-corrected chi connectivity index (χ4v) is 2.39. The Balaban J connectivity index is 1.85. The highest BCUT2D eigenvalue weighted by molar-refractivity contribution is 6.06. The number of imide groups is 1. The first kappa shape index (κ1) is 14.2. The highest BCUT2D eigenvalue weighted by Gasteiger charge is 2.50. The molecule has 7 heteroatoms. The lowest BCUT2D eigenvalue weighted by Crippen LogP contribution is -2.41. The van der Waals surface area contributed by atoms with Gasteiger partial charge in [-0.1, -0.05) is 13.0 Å². The van der Waals surface area contributed by atoms with E-state index in [1.165, 1.54) is 0 Å². The lowest BCUT2D eigenvalue weighted by molar-refractivity contribution is -0.131. The second-order valence-corrected chi connectivity index (χ2v) is 5.24. The summed E-state index contributed by atoms with van der Waals surface area (Å²) < 4.78 is 5.46. The molecule has 3 heterocycles. The molecule has 0 unspecified atom stereocenters. The lowest BCUT2D eigenvalue weighted by Gasteiger charge is -2.20. The van der Waals surface area contributed by atoms with Crippen LogP contribution in [-0.4, -0.2) is 26.8 Å². The zero-order chi connectivity index (χ0) is 15.7. The minimum Gasteiger partial charge on any atom is -0.444 e. The topological polar surface area (TPSA) is 88.3 Å². The third kappa shape index (κ3) is 2.24. The molecule has 3 rings (SSSR count). The highest BCUT2D eigenvalue weighted by atomic mass is 16.4. The Bertz CT molecular complexity index is 713. The van der Waals surface area contributed by atoms with Gasteiger partial charge in [-0.05, 0) is 19.1 Å². The SMILES string of the molecule is CCc1cnc(CN2C(=O)N[C@@](C)(c3ccccn3)C2=O)o1. The summed E-state index contributed by atoms with van der Waals surface area (Å²) in [5.74, 6) is 0.688. The number of nitrogens with zero attached hydrogens (tertiary/aromatic N) is 3. The van der Waals surface area contributed by atoms with Crippen LogP contribution in [0.25, 0.3) is 0 Å². The number of rotatable bonds is 4. The molecule has 7 nitrogen and oxygen atoms in total. The zero-order valence-electron chi connectivity index (χ0n) is 12.4. The van der Waals surface area contributed by atoms with Gasteiger partial charge in [-0.25, -0.2) is 9.78 Å². The predicted molar refractivity (Wildman–Crippen MR) is 76.6 cm³/mol. The fourth-order valence-electron chi connectivity index (χ4n) is 2.39. The van der Waals surface area contributed by atoms with Gasteiger partial charge in [0, 0.05) is 12.6 Å². The van der Waals surface area contributed by atoms with Gasteiger partial charge in [0.1, 0.15) is 12.3 Å². The molecule has 1 fully saturated rings. The number of carbonyl (C=O) groups is 2. The van der Waals surface area contributed by atoms with Gasteiger partial charge >= 0.3 is 6.03 Å². The number of urea groups is 1. The maximum atomic E-state index is 12.7. The normalized spacial score (nSPS) is 21.3. The summed E-state index contributed by atoms with van der Waals surface area (Å²) in [5, 5.41) is 2.69. The Labute approximate surface area is 127 Å². The van der Waals surface area contributed by atoms with Crippen molar-refractivity contribution >= 4 is 11.9 Å². The number of pyridine rings is 1. The minimum atomic E-state index is -1.17. The van der Waals surface area contributed by atoms with Crippen molar-refractivity contribution in [3.8, 4) is 0 Å². The average molecular weight is 300 g/mol. The first-order valence-corrected chi connectivity index (χ1v) is 7.04. The second-order valence-electron chi connectivity index (χ2n) is 5.24. The van der Waals surface area contributed by atoms with E-state index in [1.54, 1.807) is 37.5 Å². The Morgan fingerprint density at radius 2 is 2.14 bits per heavy atom. The van der Waals surface area contributed by atoms with E-state index in [9.17, 15) is 9.59 Å². The van der Waals surface area contributed by atoms with E-state index >= 15 is 0 Å². The summed E-state index contributed by atoms with van der Waals surface area (Å²) >= 11 is 0. The van der Waals surface area contributed by atoms with Crippen LogP contribution in [0.3, 0.4) is 0 Å². The van der Waals surface area contributed by atoms with Crippen LogP contribution in [0.2, 0.25) is 0 Å². The number of carbonyl (C=O) groups excluding carboxylic acids is 2. The van der Waals surface area contributed by atoms with Crippen LogP contribution >= 0.6 is 0 Å². The first-order chi connectivity index (χ1) is 10.5. The summed E-state index contributed by atoms with van der Waals surface area (Å²) in [6.07, 6.45) is 3.90. The van der Waals surface area contributed by atoms with Gasteiger partial charge < -0.3 is 9.73 Å². The van der Waals surface area contributed by atoms with Crippen LogP contribution in [0.4, 0.5) is 4.79 Å². The standard InChI is InChI=1S/C15H16N4O3/c1-3-10-8-17-12(22-10)9-19-13(20)15(2,18-14(19)21)11-6-4-5-7-16-11/h4-8H,3,9H2,1-2H3,(H,18,21)/t15-/m0/s1. The molecule has 0 aromatic carbocycles. The number of aryl methyl sites for hydroxylation is 1. The second kappa shape index (κ2) is 5.25. The Morgan fingerprint density at radius 3 is 2.77 bits per heavy atom. The molecule has 0 spiro atoms. The van der Waals surface area contributed by atoms with Crippen LogP contribution in [0.15, 0.2) is 35.0 Å². The van der Waals surface area contributed by atoms with Crippen LogP contribution in [0, 0.1) is 0 Å².